The molecule has 1 aromatic carbocycles. The zero-order chi connectivity index (χ0) is 14.0. The Labute approximate surface area is 116 Å². The number of methoxy groups -OCH3 is 1. The largest absolute Gasteiger partial charge is 0.495 e. The molecule has 2 rings (SSSR count). The summed E-state index contributed by atoms with van der Waals surface area (Å²) in [5.74, 6) is 1.29. The standard InChI is InChI=1S/C14H15ClN2O2/c1-8(2)11-7-13(18)17-14(16-11)9-4-5-12(19-3)10(15)6-9/h4-8H,1-3H3,(H,16,17,18). The first-order valence-electron chi connectivity index (χ1n) is 5.96. The Bertz CT molecular complexity index is 650. The first kappa shape index (κ1) is 13.6. The Morgan fingerprint density at radius 3 is 2.63 bits per heavy atom. The van der Waals surface area contributed by atoms with E-state index in [0.29, 0.717) is 16.6 Å². The van der Waals surface area contributed by atoms with Gasteiger partial charge in [-0.25, -0.2) is 4.98 Å². The van der Waals surface area contributed by atoms with Gasteiger partial charge in [-0.3, -0.25) is 4.79 Å². The van der Waals surface area contributed by atoms with E-state index >= 15 is 0 Å². The van der Waals surface area contributed by atoms with E-state index < -0.39 is 0 Å². The predicted molar refractivity (Wildman–Crippen MR) is 75.9 cm³/mol. The van der Waals surface area contributed by atoms with Gasteiger partial charge >= 0.3 is 0 Å². The number of hydrogen-bond donors (Lipinski definition) is 1. The molecule has 0 aliphatic heterocycles. The maximum Gasteiger partial charge on any atom is 0.251 e. The van der Waals surface area contributed by atoms with E-state index in [1.54, 1.807) is 19.2 Å². The molecule has 0 bridgehead atoms. The molecule has 0 atom stereocenters. The van der Waals surface area contributed by atoms with Crippen LogP contribution in [0.4, 0.5) is 0 Å². The van der Waals surface area contributed by atoms with Crippen molar-refractivity contribution >= 4 is 11.6 Å². The topological polar surface area (TPSA) is 55.0 Å². The summed E-state index contributed by atoms with van der Waals surface area (Å²) < 4.78 is 5.10. The van der Waals surface area contributed by atoms with Gasteiger partial charge in [-0.15, -0.1) is 0 Å². The third-order valence-electron chi connectivity index (χ3n) is 2.78. The van der Waals surface area contributed by atoms with Crippen molar-refractivity contribution in [1.29, 1.82) is 0 Å². The van der Waals surface area contributed by atoms with Gasteiger partial charge in [0.05, 0.1) is 17.8 Å². The minimum atomic E-state index is -0.166. The van der Waals surface area contributed by atoms with Gasteiger partial charge in [-0.1, -0.05) is 25.4 Å². The van der Waals surface area contributed by atoms with Crippen LogP contribution in [0, 0.1) is 0 Å². The molecule has 0 aliphatic carbocycles. The van der Waals surface area contributed by atoms with Crippen LogP contribution in [-0.4, -0.2) is 17.1 Å². The zero-order valence-corrected chi connectivity index (χ0v) is 11.8. The summed E-state index contributed by atoms with van der Waals surface area (Å²) in [6.07, 6.45) is 0. The van der Waals surface area contributed by atoms with Crippen LogP contribution in [-0.2, 0) is 0 Å². The van der Waals surface area contributed by atoms with Crippen LogP contribution >= 0.6 is 11.6 Å². The molecule has 2 aromatic rings. The minimum absolute atomic E-state index is 0.166. The average Bonchev–Trinajstić information content (AvgIpc) is 2.37. The molecule has 0 fully saturated rings. The highest BCUT2D eigenvalue weighted by molar-refractivity contribution is 6.32. The molecule has 100 valence electrons. The fourth-order valence-electron chi connectivity index (χ4n) is 1.72. The number of rotatable bonds is 3. The van der Waals surface area contributed by atoms with Crippen LogP contribution < -0.4 is 10.3 Å². The van der Waals surface area contributed by atoms with Crippen molar-refractivity contribution in [2.75, 3.05) is 7.11 Å². The number of aromatic amines is 1. The number of hydrogen-bond acceptors (Lipinski definition) is 3. The van der Waals surface area contributed by atoms with E-state index in [0.717, 1.165) is 11.3 Å². The van der Waals surface area contributed by atoms with Gasteiger partial charge in [-0.05, 0) is 24.1 Å². The van der Waals surface area contributed by atoms with Gasteiger partial charge in [-0.2, -0.15) is 0 Å². The van der Waals surface area contributed by atoms with Crippen LogP contribution in [0.5, 0.6) is 5.75 Å². The van der Waals surface area contributed by atoms with E-state index in [-0.39, 0.29) is 11.5 Å². The number of benzene rings is 1. The van der Waals surface area contributed by atoms with Crippen LogP contribution in [0.3, 0.4) is 0 Å². The summed E-state index contributed by atoms with van der Waals surface area (Å²) in [5.41, 5.74) is 1.34. The molecule has 0 unspecified atom stereocenters. The second-order valence-corrected chi connectivity index (χ2v) is 4.93. The van der Waals surface area contributed by atoms with Crippen molar-refractivity contribution in [1.82, 2.24) is 9.97 Å². The summed E-state index contributed by atoms with van der Waals surface area (Å²) in [6.45, 7) is 3.99. The smallest absolute Gasteiger partial charge is 0.251 e. The fourth-order valence-corrected chi connectivity index (χ4v) is 1.98. The van der Waals surface area contributed by atoms with Gasteiger partial charge in [0.25, 0.3) is 5.56 Å². The Balaban J connectivity index is 2.52. The summed E-state index contributed by atoms with van der Waals surface area (Å²) in [5, 5.41) is 0.484. The molecule has 19 heavy (non-hydrogen) atoms. The van der Waals surface area contributed by atoms with Gasteiger partial charge < -0.3 is 9.72 Å². The highest BCUT2D eigenvalue weighted by Crippen LogP contribution is 2.28. The molecule has 5 heteroatoms. The third kappa shape index (κ3) is 2.96. The molecule has 0 saturated heterocycles. The summed E-state index contributed by atoms with van der Waals surface area (Å²) >= 11 is 6.08. The average molecular weight is 279 g/mol. The third-order valence-corrected chi connectivity index (χ3v) is 3.07. The van der Waals surface area contributed by atoms with E-state index in [1.807, 2.05) is 19.9 Å². The first-order valence-corrected chi connectivity index (χ1v) is 6.34. The number of aromatic nitrogens is 2. The molecule has 0 amide bonds. The maximum atomic E-state index is 11.6. The minimum Gasteiger partial charge on any atom is -0.495 e. The Morgan fingerprint density at radius 2 is 2.05 bits per heavy atom. The molecule has 0 radical (unpaired) electrons. The van der Waals surface area contributed by atoms with Crippen LogP contribution in [0.15, 0.2) is 29.1 Å². The molecule has 1 N–H and O–H groups in total. The molecular formula is C14H15ClN2O2. The lowest BCUT2D eigenvalue weighted by molar-refractivity contribution is 0.415. The molecule has 1 aromatic heterocycles. The lowest BCUT2D eigenvalue weighted by atomic mass is 10.1. The highest BCUT2D eigenvalue weighted by Gasteiger charge is 2.09. The number of nitrogens with one attached hydrogen (secondary N) is 1. The lowest BCUT2D eigenvalue weighted by Crippen LogP contribution is -2.11. The van der Waals surface area contributed by atoms with Crippen molar-refractivity contribution in [2.24, 2.45) is 0 Å². The van der Waals surface area contributed by atoms with Gasteiger partial charge in [0, 0.05) is 11.6 Å². The Morgan fingerprint density at radius 1 is 1.32 bits per heavy atom. The van der Waals surface area contributed by atoms with Crippen molar-refractivity contribution in [3.63, 3.8) is 0 Å². The maximum absolute atomic E-state index is 11.6. The molecule has 4 nitrogen and oxygen atoms in total. The van der Waals surface area contributed by atoms with E-state index in [1.165, 1.54) is 6.07 Å². The van der Waals surface area contributed by atoms with Gasteiger partial charge in [0.15, 0.2) is 0 Å². The molecule has 0 saturated carbocycles. The summed E-state index contributed by atoms with van der Waals surface area (Å²) in [4.78, 5) is 18.8. The Hall–Kier alpha value is -1.81. The van der Waals surface area contributed by atoms with Crippen molar-refractivity contribution in [3.05, 3.63) is 45.3 Å². The summed E-state index contributed by atoms with van der Waals surface area (Å²) in [7, 11) is 1.56. The zero-order valence-electron chi connectivity index (χ0n) is 11.0. The summed E-state index contributed by atoms with van der Waals surface area (Å²) in [6, 6.07) is 6.80. The van der Waals surface area contributed by atoms with Crippen LogP contribution in [0.2, 0.25) is 5.02 Å². The Kier molecular flexibility index (Phi) is 3.90. The molecular weight excluding hydrogens is 264 g/mol. The second-order valence-electron chi connectivity index (χ2n) is 4.52. The predicted octanol–water partition coefficient (Wildman–Crippen LogP) is 3.22. The highest BCUT2D eigenvalue weighted by atomic mass is 35.5. The fraction of sp³-hybridized carbons (Fsp3) is 0.286. The number of nitrogens with zero attached hydrogens (tertiary/aromatic N) is 1. The lowest BCUT2D eigenvalue weighted by Gasteiger charge is -2.08. The number of halogens is 1. The van der Waals surface area contributed by atoms with E-state index in [4.69, 9.17) is 16.3 Å². The number of H-pyrrole nitrogens is 1. The van der Waals surface area contributed by atoms with Crippen molar-refractivity contribution < 1.29 is 4.74 Å². The van der Waals surface area contributed by atoms with Crippen LogP contribution in [0.1, 0.15) is 25.5 Å². The monoisotopic (exact) mass is 278 g/mol. The van der Waals surface area contributed by atoms with Crippen LogP contribution in [0.25, 0.3) is 11.4 Å². The number of ether oxygens (including phenoxy) is 1. The van der Waals surface area contributed by atoms with Gasteiger partial charge in [0.1, 0.15) is 11.6 Å². The van der Waals surface area contributed by atoms with Crippen molar-refractivity contribution in [2.45, 2.75) is 19.8 Å². The SMILES string of the molecule is COc1ccc(-c2nc(C(C)C)cc(=O)[nH]2)cc1Cl. The molecule has 0 aliphatic rings. The van der Waals surface area contributed by atoms with E-state index in [9.17, 15) is 4.79 Å². The quantitative estimate of drug-likeness (QED) is 0.938. The second kappa shape index (κ2) is 5.45. The first-order chi connectivity index (χ1) is 9.01. The van der Waals surface area contributed by atoms with Crippen molar-refractivity contribution in [3.8, 4) is 17.1 Å². The van der Waals surface area contributed by atoms with E-state index in [2.05, 4.69) is 9.97 Å². The normalized spacial score (nSPS) is 10.8. The molecule has 0 spiro atoms. The molecule has 1 heterocycles. The van der Waals surface area contributed by atoms with Gasteiger partial charge in [0.2, 0.25) is 0 Å².